The van der Waals surface area contributed by atoms with Crippen LogP contribution in [-0.2, 0) is 14.2 Å². The fourth-order valence-corrected chi connectivity index (χ4v) is 2.61. The van der Waals surface area contributed by atoms with E-state index in [0.29, 0.717) is 13.2 Å². The number of ether oxygens (including phenoxy) is 3. The van der Waals surface area contributed by atoms with Gasteiger partial charge in [-0.15, -0.1) is 0 Å². The molecule has 2 saturated heterocycles. The smallest absolute Gasteiger partial charge is 0.0900 e. The molecule has 0 spiro atoms. The highest BCUT2D eigenvalue weighted by atomic mass is 16.5. The molecule has 0 radical (unpaired) electrons. The molecule has 6 heteroatoms. The van der Waals surface area contributed by atoms with E-state index in [2.05, 4.69) is 16.7 Å². The number of aliphatic hydroxyl groups excluding tert-OH is 1. The van der Waals surface area contributed by atoms with Gasteiger partial charge in [-0.1, -0.05) is 0 Å². The van der Waals surface area contributed by atoms with E-state index in [0.717, 1.165) is 59.2 Å². The number of hydrogen-bond donors (Lipinski definition) is 1. The van der Waals surface area contributed by atoms with Gasteiger partial charge in [-0.2, -0.15) is 0 Å². The Morgan fingerprint density at radius 2 is 1.45 bits per heavy atom. The van der Waals surface area contributed by atoms with Gasteiger partial charge in [-0.25, -0.2) is 0 Å². The highest BCUT2D eigenvalue weighted by Gasteiger charge is 2.17. The van der Waals surface area contributed by atoms with Crippen LogP contribution in [0.15, 0.2) is 0 Å². The van der Waals surface area contributed by atoms with Crippen molar-refractivity contribution in [3.8, 4) is 0 Å². The molecule has 0 aromatic rings. The Bertz CT molecular complexity index is 230. The van der Waals surface area contributed by atoms with Crippen LogP contribution in [0, 0.1) is 0 Å². The monoisotopic (exact) mass is 288 g/mol. The topological polar surface area (TPSA) is 54.4 Å². The van der Waals surface area contributed by atoms with E-state index >= 15 is 0 Å². The second kappa shape index (κ2) is 8.92. The second-order valence-corrected chi connectivity index (χ2v) is 5.62. The van der Waals surface area contributed by atoms with Gasteiger partial charge in [0.1, 0.15) is 0 Å². The fourth-order valence-electron chi connectivity index (χ4n) is 2.61. The van der Waals surface area contributed by atoms with Gasteiger partial charge in [0.25, 0.3) is 0 Å². The molecule has 2 rings (SSSR count). The molecule has 2 unspecified atom stereocenters. The Balaban J connectivity index is 1.55. The summed E-state index contributed by atoms with van der Waals surface area (Å²) in [6, 6.07) is 0. The van der Waals surface area contributed by atoms with Crippen molar-refractivity contribution in [2.75, 3.05) is 72.3 Å². The van der Waals surface area contributed by atoms with Gasteiger partial charge in [0.15, 0.2) is 0 Å². The van der Waals surface area contributed by atoms with Crippen molar-refractivity contribution in [1.82, 2.24) is 9.80 Å². The minimum absolute atomic E-state index is 0.146. The van der Waals surface area contributed by atoms with Crippen LogP contribution in [0.5, 0.6) is 0 Å². The molecule has 6 nitrogen and oxygen atoms in total. The maximum absolute atomic E-state index is 10.0. The van der Waals surface area contributed by atoms with Crippen LogP contribution in [0.1, 0.15) is 6.92 Å². The lowest BCUT2D eigenvalue weighted by Crippen LogP contribution is -2.43. The summed E-state index contributed by atoms with van der Waals surface area (Å²) in [7, 11) is 0. The quantitative estimate of drug-likeness (QED) is 0.676. The molecule has 2 fully saturated rings. The molecule has 0 bridgehead atoms. The first-order chi connectivity index (χ1) is 9.74. The molecule has 0 amide bonds. The largest absolute Gasteiger partial charge is 0.389 e. The maximum Gasteiger partial charge on any atom is 0.0900 e. The van der Waals surface area contributed by atoms with Crippen LogP contribution in [0.4, 0.5) is 0 Å². The summed E-state index contributed by atoms with van der Waals surface area (Å²) in [6.07, 6.45) is -0.271. The molecule has 2 aliphatic rings. The van der Waals surface area contributed by atoms with E-state index in [-0.39, 0.29) is 6.10 Å². The molecule has 0 aliphatic carbocycles. The zero-order valence-corrected chi connectivity index (χ0v) is 12.5. The van der Waals surface area contributed by atoms with Crippen molar-refractivity contribution >= 4 is 0 Å². The Morgan fingerprint density at radius 3 is 2.00 bits per heavy atom. The first-order valence-electron chi connectivity index (χ1n) is 7.64. The molecule has 2 atom stereocenters. The SMILES string of the molecule is CC(CN1CCOCC1)OCC(O)CN1CCOCC1. The Kier molecular flexibility index (Phi) is 7.19. The molecule has 0 aromatic carbocycles. The Morgan fingerprint density at radius 1 is 0.950 bits per heavy atom. The van der Waals surface area contributed by atoms with Crippen molar-refractivity contribution in [1.29, 1.82) is 0 Å². The highest BCUT2D eigenvalue weighted by Crippen LogP contribution is 2.03. The van der Waals surface area contributed by atoms with Crippen molar-refractivity contribution < 1.29 is 19.3 Å². The Hall–Kier alpha value is -0.240. The molecular weight excluding hydrogens is 260 g/mol. The summed E-state index contributed by atoms with van der Waals surface area (Å²) in [4.78, 5) is 4.58. The van der Waals surface area contributed by atoms with E-state index in [1.54, 1.807) is 0 Å². The zero-order chi connectivity index (χ0) is 14.2. The van der Waals surface area contributed by atoms with E-state index in [9.17, 15) is 5.11 Å². The lowest BCUT2D eigenvalue weighted by Gasteiger charge is -2.30. The van der Waals surface area contributed by atoms with Crippen LogP contribution in [0.3, 0.4) is 0 Å². The van der Waals surface area contributed by atoms with Crippen molar-refractivity contribution in [3.05, 3.63) is 0 Å². The number of nitrogens with zero attached hydrogens (tertiary/aromatic N) is 2. The number of morpholine rings is 2. The number of aliphatic hydroxyl groups is 1. The number of hydrogen-bond acceptors (Lipinski definition) is 6. The predicted octanol–water partition coefficient (Wildman–Crippen LogP) is -0.583. The molecule has 118 valence electrons. The van der Waals surface area contributed by atoms with Crippen molar-refractivity contribution in [2.24, 2.45) is 0 Å². The van der Waals surface area contributed by atoms with Crippen molar-refractivity contribution in [3.63, 3.8) is 0 Å². The highest BCUT2D eigenvalue weighted by molar-refractivity contribution is 4.69. The summed E-state index contributed by atoms with van der Waals surface area (Å²) in [5.41, 5.74) is 0. The van der Waals surface area contributed by atoms with Gasteiger partial charge in [-0.05, 0) is 6.92 Å². The molecule has 2 aliphatic heterocycles. The standard InChI is InChI=1S/C14H28N2O4/c1-13(10-15-2-6-18-7-3-15)20-12-14(17)11-16-4-8-19-9-5-16/h13-14,17H,2-12H2,1H3. The Labute approximate surface area is 121 Å². The van der Waals surface area contributed by atoms with E-state index < -0.39 is 6.10 Å². The van der Waals surface area contributed by atoms with Gasteiger partial charge in [0.05, 0.1) is 45.2 Å². The normalized spacial score (nSPS) is 25.5. The second-order valence-electron chi connectivity index (χ2n) is 5.62. The van der Waals surface area contributed by atoms with Crippen LogP contribution in [0.2, 0.25) is 0 Å². The maximum atomic E-state index is 10.0. The molecule has 0 saturated carbocycles. The average molecular weight is 288 g/mol. The van der Waals surface area contributed by atoms with E-state index in [1.165, 1.54) is 0 Å². The van der Waals surface area contributed by atoms with Crippen LogP contribution < -0.4 is 0 Å². The van der Waals surface area contributed by atoms with Crippen LogP contribution >= 0.6 is 0 Å². The summed E-state index contributed by atoms with van der Waals surface area (Å²) in [5.74, 6) is 0. The number of β-amino-alcohol motifs (C(OH)–C–C–N with tert-alkyl or cyclic N) is 1. The minimum atomic E-state index is -0.416. The third-order valence-corrected chi connectivity index (χ3v) is 3.76. The van der Waals surface area contributed by atoms with Gasteiger partial charge in [-0.3, -0.25) is 9.80 Å². The van der Waals surface area contributed by atoms with E-state index in [1.807, 2.05) is 0 Å². The summed E-state index contributed by atoms with van der Waals surface area (Å²) in [6.45, 7) is 11.0. The first kappa shape index (κ1) is 16.1. The molecule has 0 aromatic heterocycles. The molecule has 20 heavy (non-hydrogen) atoms. The third-order valence-electron chi connectivity index (χ3n) is 3.76. The van der Waals surface area contributed by atoms with Gasteiger partial charge >= 0.3 is 0 Å². The summed E-state index contributed by atoms with van der Waals surface area (Å²) >= 11 is 0. The number of rotatable bonds is 7. The lowest BCUT2D eigenvalue weighted by atomic mass is 10.3. The van der Waals surface area contributed by atoms with Gasteiger partial charge in [0.2, 0.25) is 0 Å². The lowest BCUT2D eigenvalue weighted by molar-refractivity contribution is -0.0474. The van der Waals surface area contributed by atoms with Crippen LogP contribution in [-0.4, -0.2) is 99.4 Å². The predicted molar refractivity (Wildman–Crippen MR) is 75.9 cm³/mol. The molecule has 2 heterocycles. The zero-order valence-electron chi connectivity index (χ0n) is 12.5. The van der Waals surface area contributed by atoms with Gasteiger partial charge < -0.3 is 19.3 Å². The minimum Gasteiger partial charge on any atom is -0.389 e. The summed E-state index contributed by atoms with van der Waals surface area (Å²) < 4.78 is 16.4. The average Bonchev–Trinajstić information content (AvgIpc) is 2.47. The molecular formula is C14H28N2O4. The van der Waals surface area contributed by atoms with Crippen molar-refractivity contribution in [2.45, 2.75) is 19.1 Å². The third kappa shape index (κ3) is 6.03. The van der Waals surface area contributed by atoms with Crippen LogP contribution in [0.25, 0.3) is 0 Å². The summed E-state index contributed by atoms with van der Waals surface area (Å²) in [5, 5.41) is 10.0. The van der Waals surface area contributed by atoms with E-state index in [4.69, 9.17) is 14.2 Å². The van der Waals surface area contributed by atoms with Gasteiger partial charge in [0, 0.05) is 39.3 Å². The first-order valence-corrected chi connectivity index (χ1v) is 7.64. The fraction of sp³-hybridized carbons (Fsp3) is 1.00. The molecule has 1 N–H and O–H groups in total.